The molecule has 0 saturated heterocycles. The van der Waals surface area contributed by atoms with E-state index >= 15 is 0 Å². The van der Waals surface area contributed by atoms with E-state index in [-0.39, 0.29) is 5.25 Å². The smallest absolute Gasteiger partial charge is 0.113 e. The molecule has 1 unspecified atom stereocenters. The zero-order valence-electron chi connectivity index (χ0n) is 9.17. The first-order chi connectivity index (χ1) is 7.79. The van der Waals surface area contributed by atoms with Gasteiger partial charge in [0.25, 0.3) is 0 Å². The van der Waals surface area contributed by atoms with Crippen LogP contribution in [-0.2, 0) is 12.8 Å². The Hall–Kier alpha value is -1.20. The van der Waals surface area contributed by atoms with Crippen molar-refractivity contribution in [2.75, 3.05) is 6.54 Å². The van der Waals surface area contributed by atoms with Crippen LogP contribution in [0.1, 0.15) is 16.6 Å². The van der Waals surface area contributed by atoms with Gasteiger partial charge in [0.15, 0.2) is 0 Å². The average Bonchev–Trinajstić information content (AvgIpc) is 2.91. The van der Waals surface area contributed by atoms with Gasteiger partial charge in [0.1, 0.15) is 5.76 Å². The third kappa shape index (κ3) is 2.68. The van der Waals surface area contributed by atoms with E-state index < -0.39 is 0 Å². The van der Waals surface area contributed by atoms with Crippen molar-refractivity contribution >= 4 is 11.8 Å². The topological polar surface area (TPSA) is 57.0 Å². The lowest BCUT2D eigenvalue weighted by Gasteiger charge is -2.11. The summed E-state index contributed by atoms with van der Waals surface area (Å²) in [6.45, 7) is 0.608. The number of aryl methyl sites for hydroxylation is 1. The van der Waals surface area contributed by atoms with Gasteiger partial charge in [0.2, 0.25) is 0 Å². The van der Waals surface area contributed by atoms with Gasteiger partial charge in [-0.2, -0.15) is 5.10 Å². The number of thioether (sulfide) groups is 1. The van der Waals surface area contributed by atoms with E-state index in [4.69, 9.17) is 10.2 Å². The van der Waals surface area contributed by atoms with Gasteiger partial charge in [-0.3, -0.25) is 4.68 Å². The van der Waals surface area contributed by atoms with Gasteiger partial charge in [-0.15, -0.1) is 11.8 Å². The maximum absolute atomic E-state index is 5.77. The molecule has 0 aliphatic carbocycles. The van der Waals surface area contributed by atoms with Crippen LogP contribution in [0.5, 0.6) is 0 Å². The summed E-state index contributed by atoms with van der Waals surface area (Å²) in [5.41, 5.74) is 6.93. The molecule has 0 aliphatic heterocycles. The molecule has 0 aliphatic rings. The molecule has 0 amide bonds. The Bertz CT molecular complexity index is 424. The third-order valence-corrected chi connectivity index (χ3v) is 3.64. The van der Waals surface area contributed by atoms with E-state index in [2.05, 4.69) is 5.10 Å². The van der Waals surface area contributed by atoms with E-state index in [1.807, 2.05) is 31.6 Å². The normalized spacial score (nSPS) is 12.9. The molecule has 0 radical (unpaired) electrons. The quantitative estimate of drug-likeness (QED) is 0.863. The second-order valence-corrected chi connectivity index (χ2v) is 4.75. The molecule has 0 aromatic carbocycles. The molecular weight excluding hydrogens is 222 g/mol. The number of hydrogen-bond donors (Lipinski definition) is 1. The Morgan fingerprint density at radius 2 is 2.50 bits per heavy atom. The highest BCUT2D eigenvalue weighted by atomic mass is 32.2. The van der Waals surface area contributed by atoms with Crippen molar-refractivity contribution in [3.8, 4) is 0 Å². The van der Waals surface area contributed by atoms with E-state index in [0.29, 0.717) is 6.54 Å². The molecule has 0 spiro atoms. The largest absolute Gasteiger partial charge is 0.468 e. The molecule has 4 nitrogen and oxygen atoms in total. The van der Waals surface area contributed by atoms with Crippen LogP contribution >= 0.6 is 11.8 Å². The van der Waals surface area contributed by atoms with Gasteiger partial charge < -0.3 is 10.2 Å². The fourth-order valence-corrected chi connectivity index (χ4v) is 2.46. The van der Waals surface area contributed by atoms with Gasteiger partial charge in [0, 0.05) is 30.6 Å². The number of rotatable bonds is 5. The Balaban J connectivity index is 1.96. The maximum atomic E-state index is 5.77. The summed E-state index contributed by atoms with van der Waals surface area (Å²) in [5.74, 6) is 1.82. The highest BCUT2D eigenvalue weighted by molar-refractivity contribution is 7.98. The first-order valence-electron chi connectivity index (χ1n) is 5.12. The van der Waals surface area contributed by atoms with Crippen LogP contribution < -0.4 is 5.73 Å². The van der Waals surface area contributed by atoms with Crippen molar-refractivity contribution in [2.45, 2.75) is 11.0 Å². The average molecular weight is 237 g/mol. The molecule has 2 aromatic rings. The minimum absolute atomic E-state index is 0.277. The summed E-state index contributed by atoms with van der Waals surface area (Å²) < 4.78 is 7.08. The zero-order chi connectivity index (χ0) is 11.4. The summed E-state index contributed by atoms with van der Waals surface area (Å²) >= 11 is 1.77. The summed E-state index contributed by atoms with van der Waals surface area (Å²) in [5, 5.41) is 4.43. The number of hydrogen-bond acceptors (Lipinski definition) is 4. The molecule has 16 heavy (non-hydrogen) atoms. The molecule has 86 valence electrons. The lowest BCUT2D eigenvalue weighted by molar-refractivity contribution is 0.530. The Morgan fingerprint density at radius 1 is 1.62 bits per heavy atom. The highest BCUT2D eigenvalue weighted by Crippen LogP contribution is 2.30. The minimum Gasteiger partial charge on any atom is -0.468 e. The number of nitrogens with zero attached hydrogens (tertiary/aromatic N) is 2. The fourth-order valence-electron chi connectivity index (χ4n) is 1.48. The Labute approximate surface area is 98.8 Å². The van der Waals surface area contributed by atoms with Crippen molar-refractivity contribution in [2.24, 2.45) is 12.8 Å². The van der Waals surface area contributed by atoms with Crippen molar-refractivity contribution in [1.29, 1.82) is 0 Å². The first kappa shape index (κ1) is 11.3. The summed E-state index contributed by atoms with van der Waals surface area (Å²) in [6, 6.07) is 3.88. The van der Waals surface area contributed by atoms with Crippen LogP contribution in [0.2, 0.25) is 0 Å². The van der Waals surface area contributed by atoms with Crippen molar-refractivity contribution < 1.29 is 4.42 Å². The zero-order valence-corrected chi connectivity index (χ0v) is 9.98. The molecule has 0 bridgehead atoms. The summed E-state index contributed by atoms with van der Waals surface area (Å²) in [6.07, 6.45) is 5.57. The second-order valence-electron chi connectivity index (χ2n) is 3.56. The van der Waals surface area contributed by atoms with Crippen LogP contribution in [0.3, 0.4) is 0 Å². The summed E-state index contributed by atoms with van der Waals surface area (Å²) in [4.78, 5) is 0. The first-order valence-corrected chi connectivity index (χ1v) is 6.17. The van der Waals surface area contributed by atoms with Crippen molar-refractivity contribution in [3.05, 3.63) is 42.1 Å². The maximum Gasteiger partial charge on any atom is 0.113 e. The SMILES string of the molecule is Cn1cc(C(CN)SCc2ccco2)cn1. The Kier molecular flexibility index (Phi) is 3.69. The fraction of sp³-hybridized carbons (Fsp3) is 0.364. The van der Waals surface area contributed by atoms with E-state index in [1.165, 1.54) is 5.56 Å². The lowest BCUT2D eigenvalue weighted by atomic mass is 10.2. The molecule has 5 heteroatoms. The van der Waals surface area contributed by atoms with Crippen LogP contribution in [-0.4, -0.2) is 16.3 Å². The predicted octanol–water partition coefficient (Wildman–Crippen LogP) is 1.95. The minimum atomic E-state index is 0.277. The van der Waals surface area contributed by atoms with Crippen LogP contribution in [0.25, 0.3) is 0 Å². The summed E-state index contributed by atoms with van der Waals surface area (Å²) in [7, 11) is 1.91. The van der Waals surface area contributed by atoms with E-state index in [9.17, 15) is 0 Å². The van der Waals surface area contributed by atoms with Crippen LogP contribution in [0, 0.1) is 0 Å². The number of aromatic nitrogens is 2. The van der Waals surface area contributed by atoms with Crippen molar-refractivity contribution in [1.82, 2.24) is 9.78 Å². The van der Waals surface area contributed by atoms with Gasteiger partial charge >= 0.3 is 0 Å². The standard InChI is InChI=1S/C11H15N3OS/c1-14-7-9(6-13-14)11(5-12)16-8-10-3-2-4-15-10/h2-4,6-7,11H,5,8,12H2,1H3. The third-order valence-electron chi connectivity index (χ3n) is 2.32. The van der Waals surface area contributed by atoms with Crippen LogP contribution in [0.4, 0.5) is 0 Å². The van der Waals surface area contributed by atoms with Gasteiger partial charge in [0.05, 0.1) is 18.2 Å². The van der Waals surface area contributed by atoms with Crippen LogP contribution in [0.15, 0.2) is 35.2 Å². The van der Waals surface area contributed by atoms with Gasteiger partial charge in [-0.25, -0.2) is 0 Å². The second kappa shape index (κ2) is 5.23. The molecule has 1 atom stereocenters. The molecular formula is C11H15N3OS. The number of nitrogens with two attached hydrogens (primary N) is 1. The monoisotopic (exact) mass is 237 g/mol. The van der Waals surface area contributed by atoms with Gasteiger partial charge in [-0.1, -0.05) is 0 Å². The van der Waals surface area contributed by atoms with Gasteiger partial charge in [-0.05, 0) is 12.1 Å². The molecule has 2 aromatic heterocycles. The lowest BCUT2D eigenvalue weighted by Crippen LogP contribution is -2.09. The highest BCUT2D eigenvalue weighted by Gasteiger charge is 2.12. The van der Waals surface area contributed by atoms with E-state index in [0.717, 1.165) is 11.5 Å². The van der Waals surface area contributed by atoms with E-state index in [1.54, 1.807) is 22.7 Å². The number of furan rings is 1. The molecule has 2 rings (SSSR count). The molecule has 0 saturated carbocycles. The molecule has 0 fully saturated rings. The predicted molar refractivity (Wildman–Crippen MR) is 65.0 cm³/mol. The molecule has 2 heterocycles. The Morgan fingerprint density at radius 3 is 3.06 bits per heavy atom. The molecule has 2 N–H and O–H groups in total. The van der Waals surface area contributed by atoms with Crippen molar-refractivity contribution in [3.63, 3.8) is 0 Å².